The number of ether oxygens (including phenoxy) is 2. The molecule has 1 atom stereocenters. The third kappa shape index (κ3) is 5.29. The van der Waals surface area contributed by atoms with Gasteiger partial charge in [0.2, 0.25) is 0 Å². The Bertz CT molecular complexity index is 764. The summed E-state index contributed by atoms with van der Waals surface area (Å²) in [5.41, 5.74) is 1.00. The van der Waals surface area contributed by atoms with Gasteiger partial charge in [0.15, 0.2) is 6.10 Å². The number of carbonyl (C=O) groups excluding carboxylic acids is 2. The lowest BCUT2D eigenvalue weighted by Gasteiger charge is -2.14. The van der Waals surface area contributed by atoms with Crippen molar-refractivity contribution in [2.24, 2.45) is 0 Å². The largest absolute Gasteiger partial charge is 0.497 e. The normalized spacial score (nSPS) is 11.5. The van der Waals surface area contributed by atoms with E-state index >= 15 is 0 Å². The van der Waals surface area contributed by atoms with Crippen molar-refractivity contribution in [1.82, 2.24) is 5.32 Å². The number of amides is 1. The monoisotopic (exact) mass is 409 g/mol. The standard InChI is InChI=1S/C18H17BrFNO4/c1-11(17(22)21-10-12-3-5-13(20)6-4-12)25-18(23)15-9-14(24-2)7-8-16(15)19/h3-9,11H,10H2,1-2H3,(H,21,22)/t11-/m0/s1. The molecule has 0 fully saturated rings. The Labute approximate surface area is 153 Å². The molecular weight excluding hydrogens is 393 g/mol. The van der Waals surface area contributed by atoms with E-state index in [-0.39, 0.29) is 17.9 Å². The summed E-state index contributed by atoms with van der Waals surface area (Å²) >= 11 is 3.27. The van der Waals surface area contributed by atoms with E-state index in [4.69, 9.17) is 9.47 Å². The Hall–Kier alpha value is -2.41. The maximum absolute atomic E-state index is 12.8. The third-order valence-corrected chi connectivity index (χ3v) is 4.12. The van der Waals surface area contributed by atoms with Crippen molar-refractivity contribution in [3.8, 4) is 5.75 Å². The van der Waals surface area contributed by atoms with E-state index in [2.05, 4.69) is 21.2 Å². The number of nitrogens with one attached hydrogen (secondary N) is 1. The molecule has 7 heteroatoms. The average Bonchev–Trinajstić information content (AvgIpc) is 2.61. The molecule has 0 aliphatic carbocycles. The summed E-state index contributed by atoms with van der Waals surface area (Å²) in [6.07, 6.45) is -0.981. The number of benzene rings is 2. The molecule has 0 aliphatic heterocycles. The summed E-state index contributed by atoms with van der Waals surface area (Å²) in [4.78, 5) is 24.3. The molecule has 25 heavy (non-hydrogen) atoms. The number of methoxy groups -OCH3 is 1. The summed E-state index contributed by atoms with van der Waals surface area (Å²) in [7, 11) is 1.49. The Balaban J connectivity index is 1.94. The van der Waals surface area contributed by atoms with Gasteiger partial charge < -0.3 is 14.8 Å². The number of carbonyl (C=O) groups is 2. The fourth-order valence-corrected chi connectivity index (χ4v) is 2.41. The number of rotatable bonds is 6. The number of esters is 1. The third-order valence-electron chi connectivity index (χ3n) is 3.43. The van der Waals surface area contributed by atoms with Crippen LogP contribution in [-0.4, -0.2) is 25.1 Å². The van der Waals surface area contributed by atoms with Crippen LogP contribution in [0.3, 0.4) is 0 Å². The zero-order valence-electron chi connectivity index (χ0n) is 13.7. The minimum atomic E-state index is -0.981. The van der Waals surface area contributed by atoms with E-state index in [1.807, 2.05) is 0 Å². The highest BCUT2D eigenvalue weighted by Gasteiger charge is 2.20. The fraction of sp³-hybridized carbons (Fsp3) is 0.222. The van der Waals surface area contributed by atoms with Crippen molar-refractivity contribution in [3.63, 3.8) is 0 Å². The van der Waals surface area contributed by atoms with Crippen LogP contribution >= 0.6 is 15.9 Å². The zero-order chi connectivity index (χ0) is 18.4. The van der Waals surface area contributed by atoms with E-state index in [1.54, 1.807) is 24.3 Å². The predicted molar refractivity (Wildman–Crippen MR) is 93.8 cm³/mol. The van der Waals surface area contributed by atoms with Gasteiger partial charge in [-0.25, -0.2) is 9.18 Å². The second-order valence-electron chi connectivity index (χ2n) is 5.24. The van der Waals surface area contributed by atoms with Crippen molar-refractivity contribution in [1.29, 1.82) is 0 Å². The smallest absolute Gasteiger partial charge is 0.340 e. The van der Waals surface area contributed by atoms with Crippen molar-refractivity contribution >= 4 is 27.8 Å². The van der Waals surface area contributed by atoms with Crippen LogP contribution in [0.15, 0.2) is 46.9 Å². The average molecular weight is 410 g/mol. The lowest BCUT2D eigenvalue weighted by Crippen LogP contribution is -2.35. The topological polar surface area (TPSA) is 64.6 Å². The van der Waals surface area contributed by atoms with Gasteiger partial charge in [-0.15, -0.1) is 0 Å². The van der Waals surface area contributed by atoms with Gasteiger partial charge in [-0.3, -0.25) is 4.79 Å². The molecule has 132 valence electrons. The zero-order valence-corrected chi connectivity index (χ0v) is 15.3. The summed E-state index contributed by atoms with van der Waals surface area (Å²) in [5, 5.41) is 2.64. The molecule has 0 unspecified atom stereocenters. The Morgan fingerprint density at radius 3 is 2.52 bits per heavy atom. The molecule has 2 rings (SSSR count). The van der Waals surface area contributed by atoms with Crippen molar-refractivity contribution in [2.45, 2.75) is 19.6 Å². The molecular formula is C18H17BrFNO4. The highest BCUT2D eigenvalue weighted by Crippen LogP contribution is 2.23. The highest BCUT2D eigenvalue weighted by atomic mass is 79.9. The molecule has 0 aromatic heterocycles. The van der Waals surface area contributed by atoms with E-state index in [1.165, 1.54) is 32.2 Å². The number of halogens is 2. The van der Waals surface area contributed by atoms with Gasteiger partial charge in [0, 0.05) is 11.0 Å². The second kappa shape index (κ2) is 8.62. The molecule has 0 aliphatic rings. The van der Waals surface area contributed by atoms with E-state index in [0.29, 0.717) is 10.2 Å². The van der Waals surface area contributed by atoms with Gasteiger partial charge in [-0.2, -0.15) is 0 Å². The van der Waals surface area contributed by atoms with Crippen LogP contribution in [0, 0.1) is 5.82 Å². The second-order valence-corrected chi connectivity index (χ2v) is 6.09. The maximum atomic E-state index is 12.8. The lowest BCUT2D eigenvalue weighted by molar-refractivity contribution is -0.129. The molecule has 5 nitrogen and oxygen atoms in total. The van der Waals surface area contributed by atoms with Gasteiger partial charge in [0.1, 0.15) is 11.6 Å². The number of hydrogen-bond acceptors (Lipinski definition) is 4. The molecule has 0 bridgehead atoms. The van der Waals surface area contributed by atoms with E-state index in [0.717, 1.165) is 5.56 Å². The first-order valence-electron chi connectivity index (χ1n) is 7.47. The molecule has 0 saturated heterocycles. The summed E-state index contributed by atoms with van der Waals surface area (Å²) < 4.78 is 23.6. The SMILES string of the molecule is COc1ccc(Br)c(C(=O)O[C@@H](C)C(=O)NCc2ccc(F)cc2)c1. The first-order chi connectivity index (χ1) is 11.9. The minimum absolute atomic E-state index is 0.212. The molecule has 0 heterocycles. The molecule has 0 radical (unpaired) electrons. The van der Waals surface area contributed by atoms with E-state index in [9.17, 15) is 14.0 Å². The Kier molecular flexibility index (Phi) is 6.52. The van der Waals surface area contributed by atoms with Crippen molar-refractivity contribution in [2.75, 3.05) is 7.11 Å². The molecule has 0 spiro atoms. The van der Waals surface area contributed by atoms with Crippen LogP contribution in [0.2, 0.25) is 0 Å². The van der Waals surface area contributed by atoms with Gasteiger partial charge in [0.05, 0.1) is 12.7 Å². The van der Waals surface area contributed by atoms with E-state index < -0.39 is 18.0 Å². The van der Waals surface area contributed by atoms with Gasteiger partial charge >= 0.3 is 5.97 Å². The van der Waals surface area contributed by atoms with Crippen LogP contribution in [0.1, 0.15) is 22.8 Å². The summed E-state index contributed by atoms with van der Waals surface area (Å²) in [6.45, 7) is 1.69. The van der Waals surface area contributed by atoms with Crippen LogP contribution < -0.4 is 10.1 Å². The van der Waals surface area contributed by atoms with Crippen molar-refractivity contribution < 1.29 is 23.5 Å². The van der Waals surface area contributed by atoms with Crippen LogP contribution in [0.5, 0.6) is 5.75 Å². The molecule has 0 saturated carbocycles. The van der Waals surface area contributed by atoms with Crippen LogP contribution in [0.25, 0.3) is 0 Å². The Morgan fingerprint density at radius 2 is 1.88 bits per heavy atom. The van der Waals surface area contributed by atoms with Gasteiger partial charge in [-0.1, -0.05) is 12.1 Å². The van der Waals surface area contributed by atoms with Crippen molar-refractivity contribution in [3.05, 3.63) is 63.9 Å². The minimum Gasteiger partial charge on any atom is -0.497 e. The van der Waals surface area contributed by atoms with Gasteiger partial charge in [-0.05, 0) is 58.7 Å². The molecule has 2 aromatic carbocycles. The predicted octanol–water partition coefficient (Wildman–Crippen LogP) is 3.46. The first-order valence-corrected chi connectivity index (χ1v) is 8.26. The van der Waals surface area contributed by atoms with Crippen LogP contribution in [0.4, 0.5) is 4.39 Å². The molecule has 1 amide bonds. The fourth-order valence-electron chi connectivity index (χ4n) is 2.00. The summed E-state index contributed by atoms with van der Waals surface area (Å²) in [5.74, 6) is -0.934. The lowest BCUT2D eigenvalue weighted by atomic mass is 10.2. The van der Waals surface area contributed by atoms with Crippen LogP contribution in [-0.2, 0) is 16.1 Å². The first kappa shape index (κ1) is 18.9. The number of hydrogen-bond donors (Lipinski definition) is 1. The maximum Gasteiger partial charge on any atom is 0.340 e. The summed E-state index contributed by atoms with van der Waals surface area (Å²) in [6, 6.07) is 10.6. The molecule has 1 N–H and O–H groups in total. The Morgan fingerprint density at radius 1 is 1.20 bits per heavy atom. The molecule has 2 aromatic rings. The quantitative estimate of drug-likeness (QED) is 0.741. The highest BCUT2D eigenvalue weighted by molar-refractivity contribution is 9.10. The van der Waals surface area contributed by atoms with Gasteiger partial charge in [0.25, 0.3) is 5.91 Å².